The summed E-state index contributed by atoms with van der Waals surface area (Å²) >= 11 is 19.0. The van der Waals surface area contributed by atoms with Crippen molar-refractivity contribution in [2.75, 3.05) is 20.0 Å². The summed E-state index contributed by atoms with van der Waals surface area (Å²) in [6, 6.07) is 15.6. The first-order chi connectivity index (χ1) is 18.8. The standard InChI is InChI=1S/C29H27Cl3O7/c1-3-35-27(33)29(28(34)36-4-2,15-19-12-25-26(13-24(19)32)39-17-38-25)14-18-8-10-20(11-9-18)37-16-21-22(30)6-5-7-23(21)31/h5-13H,3-4,14-17H2,1-2H3. The molecule has 7 nitrogen and oxygen atoms in total. The summed E-state index contributed by atoms with van der Waals surface area (Å²) in [7, 11) is 0. The molecule has 0 atom stereocenters. The van der Waals surface area contributed by atoms with Gasteiger partial charge in [-0.3, -0.25) is 9.59 Å². The minimum absolute atomic E-state index is 0.00601. The second-order valence-electron chi connectivity index (χ2n) is 8.81. The molecule has 0 radical (unpaired) electrons. The van der Waals surface area contributed by atoms with E-state index < -0.39 is 17.4 Å². The highest BCUT2D eigenvalue weighted by Gasteiger charge is 2.49. The number of carbonyl (C=O) groups excluding carboxylic acids is 2. The average Bonchev–Trinajstić information content (AvgIpc) is 3.36. The summed E-state index contributed by atoms with van der Waals surface area (Å²) in [4.78, 5) is 26.9. The molecule has 0 aromatic heterocycles. The molecular formula is C29H27Cl3O7. The van der Waals surface area contributed by atoms with Gasteiger partial charge in [0.05, 0.1) is 13.2 Å². The van der Waals surface area contributed by atoms with Gasteiger partial charge in [-0.2, -0.15) is 0 Å². The Labute approximate surface area is 241 Å². The van der Waals surface area contributed by atoms with Crippen molar-refractivity contribution in [2.45, 2.75) is 33.3 Å². The Morgan fingerprint density at radius 3 is 2.00 bits per heavy atom. The predicted molar refractivity (Wildman–Crippen MR) is 148 cm³/mol. The monoisotopic (exact) mass is 592 g/mol. The smallest absolute Gasteiger partial charge is 0.324 e. The fourth-order valence-corrected chi connectivity index (χ4v) is 5.00. The molecule has 0 spiro atoms. The molecule has 3 aromatic carbocycles. The highest BCUT2D eigenvalue weighted by molar-refractivity contribution is 6.36. The van der Waals surface area contributed by atoms with Crippen LogP contribution >= 0.6 is 34.8 Å². The minimum Gasteiger partial charge on any atom is -0.489 e. The van der Waals surface area contributed by atoms with Gasteiger partial charge in [0, 0.05) is 33.1 Å². The third-order valence-corrected chi connectivity index (χ3v) is 7.30. The van der Waals surface area contributed by atoms with E-state index in [1.54, 1.807) is 68.4 Å². The molecule has 0 unspecified atom stereocenters. The average molecular weight is 594 g/mol. The number of rotatable bonds is 11. The quantitative estimate of drug-likeness (QED) is 0.178. The van der Waals surface area contributed by atoms with E-state index in [1.807, 2.05) is 0 Å². The fraction of sp³-hybridized carbons (Fsp3) is 0.310. The number of esters is 2. The van der Waals surface area contributed by atoms with Crippen LogP contribution in [-0.4, -0.2) is 31.9 Å². The minimum atomic E-state index is -1.70. The van der Waals surface area contributed by atoms with Crippen LogP contribution in [0.5, 0.6) is 17.2 Å². The van der Waals surface area contributed by atoms with E-state index in [-0.39, 0.29) is 39.5 Å². The lowest BCUT2D eigenvalue weighted by Gasteiger charge is -2.30. The van der Waals surface area contributed by atoms with Crippen LogP contribution in [-0.2, 0) is 38.5 Å². The molecule has 10 heteroatoms. The van der Waals surface area contributed by atoms with Crippen molar-refractivity contribution in [1.82, 2.24) is 0 Å². The van der Waals surface area contributed by atoms with Gasteiger partial charge >= 0.3 is 11.9 Å². The van der Waals surface area contributed by atoms with Gasteiger partial charge in [-0.1, -0.05) is 53.0 Å². The zero-order valence-corrected chi connectivity index (χ0v) is 23.7. The summed E-state index contributed by atoms with van der Waals surface area (Å²) in [5.41, 5.74) is 0.195. The number of halogens is 3. The highest BCUT2D eigenvalue weighted by atomic mass is 35.5. The molecule has 0 saturated carbocycles. The van der Waals surface area contributed by atoms with Crippen molar-refractivity contribution in [3.8, 4) is 17.2 Å². The summed E-state index contributed by atoms with van der Waals surface area (Å²) in [5, 5.41) is 1.35. The van der Waals surface area contributed by atoms with Crippen molar-refractivity contribution in [2.24, 2.45) is 5.41 Å². The maximum absolute atomic E-state index is 13.5. The second kappa shape index (κ2) is 12.8. The molecule has 206 valence electrons. The lowest BCUT2D eigenvalue weighted by atomic mass is 9.76. The van der Waals surface area contributed by atoms with Crippen LogP contribution in [0.3, 0.4) is 0 Å². The zero-order valence-electron chi connectivity index (χ0n) is 21.4. The molecule has 0 fully saturated rings. The molecule has 0 aliphatic carbocycles. The Morgan fingerprint density at radius 1 is 0.821 bits per heavy atom. The summed E-state index contributed by atoms with van der Waals surface area (Å²) in [6.07, 6.45) is -0.0601. The number of benzene rings is 3. The Morgan fingerprint density at radius 2 is 1.41 bits per heavy atom. The van der Waals surface area contributed by atoms with Crippen LogP contribution in [0.2, 0.25) is 15.1 Å². The fourth-order valence-electron chi connectivity index (χ4n) is 4.27. The van der Waals surface area contributed by atoms with Crippen LogP contribution in [0.1, 0.15) is 30.5 Å². The van der Waals surface area contributed by atoms with Crippen LogP contribution < -0.4 is 14.2 Å². The first-order valence-corrected chi connectivity index (χ1v) is 13.5. The molecular weight excluding hydrogens is 567 g/mol. The van der Waals surface area contributed by atoms with Crippen molar-refractivity contribution in [3.63, 3.8) is 0 Å². The van der Waals surface area contributed by atoms with Gasteiger partial charge in [0.2, 0.25) is 6.79 Å². The first-order valence-electron chi connectivity index (χ1n) is 12.3. The maximum atomic E-state index is 13.5. The largest absolute Gasteiger partial charge is 0.489 e. The molecule has 1 aliphatic heterocycles. The van der Waals surface area contributed by atoms with E-state index in [2.05, 4.69) is 0 Å². The maximum Gasteiger partial charge on any atom is 0.324 e. The lowest BCUT2D eigenvalue weighted by Crippen LogP contribution is -2.46. The number of ether oxygens (including phenoxy) is 5. The van der Waals surface area contributed by atoms with Gasteiger partial charge in [0.15, 0.2) is 16.9 Å². The molecule has 3 aromatic rings. The third-order valence-electron chi connectivity index (χ3n) is 6.24. The number of carbonyl (C=O) groups is 2. The Balaban J connectivity index is 1.62. The predicted octanol–water partition coefficient (Wildman–Crippen LogP) is 6.85. The number of hydrogen-bond donors (Lipinski definition) is 0. The van der Waals surface area contributed by atoms with Crippen molar-refractivity contribution < 1.29 is 33.3 Å². The lowest BCUT2D eigenvalue weighted by molar-refractivity contribution is -0.172. The molecule has 39 heavy (non-hydrogen) atoms. The molecule has 1 aliphatic rings. The van der Waals surface area contributed by atoms with Crippen LogP contribution in [0.15, 0.2) is 54.6 Å². The molecule has 1 heterocycles. The number of hydrogen-bond acceptors (Lipinski definition) is 7. The summed E-state index contributed by atoms with van der Waals surface area (Å²) in [6.45, 7) is 3.78. The van der Waals surface area contributed by atoms with Crippen molar-refractivity contribution >= 4 is 46.7 Å². The first kappa shape index (κ1) is 28.9. The topological polar surface area (TPSA) is 80.3 Å². The SMILES string of the molecule is CCOC(=O)C(Cc1ccc(OCc2c(Cl)cccc2Cl)cc1)(Cc1cc2c(cc1Cl)OCO2)C(=O)OCC. The van der Waals surface area contributed by atoms with Crippen molar-refractivity contribution in [1.29, 1.82) is 0 Å². The van der Waals surface area contributed by atoms with Gasteiger partial charge in [0.25, 0.3) is 0 Å². The highest BCUT2D eigenvalue weighted by Crippen LogP contribution is 2.41. The van der Waals surface area contributed by atoms with Gasteiger partial charge in [0.1, 0.15) is 12.4 Å². The van der Waals surface area contributed by atoms with E-state index >= 15 is 0 Å². The van der Waals surface area contributed by atoms with Crippen LogP contribution in [0, 0.1) is 5.41 Å². The van der Waals surface area contributed by atoms with Gasteiger partial charge in [-0.05, 0) is 61.7 Å². The second-order valence-corrected chi connectivity index (χ2v) is 10.0. The van der Waals surface area contributed by atoms with Gasteiger partial charge < -0.3 is 23.7 Å². The van der Waals surface area contributed by atoms with Crippen LogP contribution in [0.25, 0.3) is 0 Å². The normalized spacial score (nSPS) is 12.2. The molecule has 0 amide bonds. The molecule has 0 saturated heterocycles. The van der Waals surface area contributed by atoms with Crippen LogP contribution in [0.4, 0.5) is 0 Å². The van der Waals surface area contributed by atoms with Gasteiger partial charge in [-0.15, -0.1) is 0 Å². The summed E-state index contributed by atoms with van der Waals surface area (Å²) in [5.74, 6) is 0.134. The van der Waals surface area contributed by atoms with E-state index in [4.69, 9.17) is 58.5 Å². The Bertz CT molecular complexity index is 1300. The summed E-state index contributed by atoms with van der Waals surface area (Å²) < 4.78 is 27.5. The van der Waals surface area contributed by atoms with E-state index in [0.29, 0.717) is 49.0 Å². The third kappa shape index (κ3) is 6.55. The molecule has 0 N–H and O–H groups in total. The van der Waals surface area contributed by atoms with Crippen molar-refractivity contribution in [3.05, 3.63) is 86.4 Å². The van der Waals surface area contributed by atoms with Gasteiger partial charge in [-0.25, -0.2) is 0 Å². The molecule has 0 bridgehead atoms. The number of fused-ring (bicyclic) bond motifs is 1. The Hall–Kier alpha value is -3.13. The van der Waals surface area contributed by atoms with E-state index in [9.17, 15) is 9.59 Å². The molecule has 4 rings (SSSR count). The zero-order chi connectivity index (χ0) is 28.0. The van der Waals surface area contributed by atoms with E-state index in [1.165, 1.54) is 0 Å². The Kier molecular flexibility index (Phi) is 9.49. The van der Waals surface area contributed by atoms with E-state index in [0.717, 1.165) is 0 Å².